The lowest BCUT2D eigenvalue weighted by Gasteiger charge is -2.32. The van der Waals surface area contributed by atoms with E-state index in [0.29, 0.717) is 30.1 Å². The van der Waals surface area contributed by atoms with Crippen LogP contribution in [0.3, 0.4) is 0 Å². The molecule has 0 aliphatic carbocycles. The molecule has 0 radical (unpaired) electrons. The van der Waals surface area contributed by atoms with Crippen LogP contribution in [0.25, 0.3) is 11.0 Å². The molecule has 0 spiro atoms. The number of benzene rings is 2. The number of carbonyl (C=O) groups excluding carboxylic acids is 1. The molecule has 144 valence electrons. The Morgan fingerprint density at radius 2 is 1.96 bits per heavy atom. The topological polar surface area (TPSA) is 64.6 Å². The number of amides is 1. The zero-order valence-corrected chi connectivity index (χ0v) is 15.9. The highest BCUT2D eigenvalue weighted by molar-refractivity contribution is 6.04. The second kappa shape index (κ2) is 8.25. The number of ether oxygens (including phenoxy) is 2. The van der Waals surface area contributed by atoms with Crippen LogP contribution in [-0.2, 0) is 0 Å². The second-order valence-corrected chi connectivity index (χ2v) is 6.98. The molecule has 1 aliphatic heterocycles. The average molecular weight is 377 g/mol. The van der Waals surface area contributed by atoms with Gasteiger partial charge >= 0.3 is 0 Å². The molecule has 6 nitrogen and oxygen atoms in total. The molecule has 1 aromatic heterocycles. The van der Waals surface area contributed by atoms with Gasteiger partial charge in [0.05, 0.1) is 24.8 Å². The van der Waals surface area contributed by atoms with Crippen LogP contribution >= 0.6 is 0 Å². The minimum Gasteiger partial charge on any atom is -0.497 e. The van der Waals surface area contributed by atoms with E-state index in [4.69, 9.17) is 9.47 Å². The van der Waals surface area contributed by atoms with Crippen LogP contribution in [0, 0.1) is 5.92 Å². The van der Waals surface area contributed by atoms with E-state index in [-0.39, 0.29) is 5.91 Å². The highest BCUT2D eigenvalue weighted by atomic mass is 16.5. The molecule has 1 saturated heterocycles. The predicted molar refractivity (Wildman–Crippen MR) is 107 cm³/mol. The standard InChI is InChI=1S/C22H23N3O3/c1-27-17-6-2-7-18(13-17)28-15-16-5-4-12-25(14-16)22(26)19-8-3-9-20-21(19)24-11-10-23-20/h2-3,6-11,13,16H,4-5,12,14-15H2,1H3/t16-/m0/s1. The quantitative estimate of drug-likeness (QED) is 0.680. The van der Waals surface area contributed by atoms with Crippen LogP contribution in [0.1, 0.15) is 23.2 Å². The Morgan fingerprint density at radius 3 is 2.86 bits per heavy atom. The molecular weight excluding hydrogens is 354 g/mol. The Kier molecular flexibility index (Phi) is 5.37. The average Bonchev–Trinajstić information content (AvgIpc) is 2.77. The van der Waals surface area contributed by atoms with E-state index in [2.05, 4.69) is 9.97 Å². The fraction of sp³-hybridized carbons (Fsp3) is 0.318. The van der Waals surface area contributed by atoms with Crippen LogP contribution in [0.2, 0.25) is 0 Å². The maximum absolute atomic E-state index is 13.1. The number of likely N-dealkylation sites (tertiary alicyclic amines) is 1. The first-order valence-electron chi connectivity index (χ1n) is 9.50. The lowest BCUT2D eigenvalue weighted by atomic mass is 9.98. The fourth-order valence-corrected chi connectivity index (χ4v) is 3.63. The predicted octanol–water partition coefficient (Wildman–Crippen LogP) is 3.57. The summed E-state index contributed by atoms with van der Waals surface area (Å²) in [7, 11) is 1.64. The molecule has 1 aliphatic rings. The van der Waals surface area contributed by atoms with Crippen molar-refractivity contribution in [3.8, 4) is 11.5 Å². The van der Waals surface area contributed by atoms with Crippen molar-refractivity contribution in [2.45, 2.75) is 12.8 Å². The van der Waals surface area contributed by atoms with Crippen molar-refractivity contribution >= 4 is 16.9 Å². The van der Waals surface area contributed by atoms with E-state index in [1.165, 1.54) is 0 Å². The van der Waals surface area contributed by atoms with Gasteiger partial charge in [-0.15, -0.1) is 0 Å². The molecule has 1 fully saturated rings. The van der Waals surface area contributed by atoms with E-state index in [1.807, 2.05) is 47.4 Å². The summed E-state index contributed by atoms with van der Waals surface area (Å²) in [6, 6.07) is 13.2. The van der Waals surface area contributed by atoms with Crippen LogP contribution in [-0.4, -0.2) is 47.6 Å². The van der Waals surface area contributed by atoms with E-state index in [1.54, 1.807) is 19.5 Å². The number of hydrogen-bond donors (Lipinski definition) is 0. The number of piperidine rings is 1. The summed E-state index contributed by atoms with van der Waals surface area (Å²) in [6.07, 6.45) is 5.28. The van der Waals surface area contributed by atoms with E-state index >= 15 is 0 Å². The number of aromatic nitrogens is 2. The molecule has 2 heterocycles. The molecular formula is C22H23N3O3. The second-order valence-electron chi connectivity index (χ2n) is 6.98. The molecule has 0 unspecified atom stereocenters. The van der Waals surface area contributed by atoms with Gasteiger partial charge in [0, 0.05) is 37.5 Å². The molecule has 6 heteroatoms. The third-order valence-corrected chi connectivity index (χ3v) is 5.06. The third-order valence-electron chi connectivity index (χ3n) is 5.06. The Morgan fingerprint density at radius 1 is 1.14 bits per heavy atom. The van der Waals surface area contributed by atoms with Gasteiger partial charge in [-0.3, -0.25) is 14.8 Å². The maximum Gasteiger partial charge on any atom is 0.256 e. The highest BCUT2D eigenvalue weighted by Crippen LogP contribution is 2.24. The Balaban J connectivity index is 1.43. The molecule has 3 aromatic rings. The lowest BCUT2D eigenvalue weighted by molar-refractivity contribution is 0.0635. The van der Waals surface area contributed by atoms with Crippen molar-refractivity contribution in [2.24, 2.45) is 5.92 Å². The van der Waals surface area contributed by atoms with Gasteiger partial charge in [0.25, 0.3) is 5.91 Å². The van der Waals surface area contributed by atoms with Gasteiger partial charge in [0.2, 0.25) is 0 Å². The first kappa shape index (κ1) is 18.2. The van der Waals surface area contributed by atoms with Gasteiger partial charge in [0.1, 0.15) is 17.0 Å². The van der Waals surface area contributed by atoms with E-state index < -0.39 is 0 Å². The Labute approximate surface area is 164 Å². The first-order valence-corrected chi connectivity index (χ1v) is 9.50. The molecule has 0 saturated carbocycles. The number of rotatable bonds is 5. The smallest absolute Gasteiger partial charge is 0.256 e. The van der Waals surface area contributed by atoms with Crippen LogP contribution in [0.15, 0.2) is 54.9 Å². The van der Waals surface area contributed by atoms with Crippen molar-refractivity contribution < 1.29 is 14.3 Å². The summed E-state index contributed by atoms with van der Waals surface area (Å²) in [5.74, 6) is 1.87. The van der Waals surface area contributed by atoms with Gasteiger partial charge in [-0.05, 0) is 37.1 Å². The minimum absolute atomic E-state index is 0.0113. The largest absolute Gasteiger partial charge is 0.497 e. The van der Waals surface area contributed by atoms with Crippen LogP contribution in [0.5, 0.6) is 11.5 Å². The normalized spacial score (nSPS) is 16.8. The van der Waals surface area contributed by atoms with Crippen LogP contribution in [0.4, 0.5) is 0 Å². The molecule has 28 heavy (non-hydrogen) atoms. The number of para-hydroxylation sites is 1. The van der Waals surface area contributed by atoms with Crippen molar-refractivity contribution in [2.75, 3.05) is 26.8 Å². The van der Waals surface area contributed by atoms with Crippen LogP contribution < -0.4 is 9.47 Å². The fourth-order valence-electron chi connectivity index (χ4n) is 3.63. The Bertz CT molecular complexity index is 971. The summed E-state index contributed by atoms with van der Waals surface area (Å²) in [5, 5.41) is 0. The molecule has 1 amide bonds. The third kappa shape index (κ3) is 3.91. The number of fused-ring (bicyclic) bond motifs is 1. The summed E-state index contributed by atoms with van der Waals surface area (Å²) < 4.78 is 11.2. The minimum atomic E-state index is 0.0113. The summed E-state index contributed by atoms with van der Waals surface area (Å²) in [4.78, 5) is 23.7. The number of nitrogens with zero attached hydrogens (tertiary/aromatic N) is 3. The van der Waals surface area contributed by atoms with Crippen molar-refractivity contribution in [1.82, 2.24) is 14.9 Å². The SMILES string of the molecule is COc1cccc(OC[C@H]2CCCN(C(=O)c3cccc4nccnc34)C2)c1. The Hall–Kier alpha value is -3.15. The zero-order valence-electron chi connectivity index (χ0n) is 15.9. The van der Waals surface area contributed by atoms with Crippen molar-refractivity contribution in [3.63, 3.8) is 0 Å². The highest BCUT2D eigenvalue weighted by Gasteiger charge is 2.26. The number of methoxy groups -OCH3 is 1. The summed E-state index contributed by atoms with van der Waals surface area (Å²) in [5.41, 5.74) is 2.01. The molecule has 0 bridgehead atoms. The monoisotopic (exact) mass is 377 g/mol. The first-order chi connectivity index (χ1) is 13.7. The van der Waals surface area contributed by atoms with E-state index in [9.17, 15) is 4.79 Å². The molecule has 1 atom stereocenters. The van der Waals surface area contributed by atoms with Gasteiger partial charge in [-0.25, -0.2) is 0 Å². The van der Waals surface area contributed by atoms with Gasteiger partial charge in [-0.1, -0.05) is 12.1 Å². The molecule has 0 N–H and O–H groups in total. The van der Waals surface area contributed by atoms with Gasteiger partial charge < -0.3 is 14.4 Å². The molecule has 2 aromatic carbocycles. The number of hydrogen-bond acceptors (Lipinski definition) is 5. The van der Waals surface area contributed by atoms with Gasteiger partial charge in [-0.2, -0.15) is 0 Å². The maximum atomic E-state index is 13.1. The van der Waals surface area contributed by atoms with Crippen molar-refractivity contribution in [3.05, 3.63) is 60.4 Å². The van der Waals surface area contributed by atoms with E-state index in [0.717, 1.165) is 36.4 Å². The van der Waals surface area contributed by atoms with Crippen molar-refractivity contribution in [1.29, 1.82) is 0 Å². The van der Waals surface area contributed by atoms with Gasteiger partial charge in [0.15, 0.2) is 0 Å². The molecule has 4 rings (SSSR count). The number of carbonyl (C=O) groups is 1. The summed E-state index contributed by atoms with van der Waals surface area (Å²) in [6.45, 7) is 2.01. The lowest BCUT2D eigenvalue weighted by Crippen LogP contribution is -2.41. The zero-order chi connectivity index (χ0) is 19.3. The summed E-state index contributed by atoms with van der Waals surface area (Å²) >= 11 is 0.